The lowest BCUT2D eigenvalue weighted by Crippen LogP contribution is -2.20. The van der Waals surface area contributed by atoms with Crippen LogP contribution in [-0.2, 0) is 0 Å². The molecule has 144 valence electrons. The Balaban J connectivity index is 1.90. The van der Waals surface area contributed by atoms with Gasteiger partial charge < -0.3 is 4.74 Å². The van der Waals surface area contributed by atoms with E-state index in [1.807, 2.05) is 0 Å². The van der Waals surface area contributed by atoms with Crippen LogP contribution in [-0.4, -0.2) is 28.2 Å². The quantitative estimate of drug-likeness (QED) is 0.403. The van der Waals surface area contributed by atoms with Crippen molar-refractivity contribution in [2.24, 2.45) is 0 Å². The Kier molecular flexibility index (Phi) is 4.88. The van der Waals surface area contributed by atoms with E-state index in [2.05, 4.69) is 9.97 Å². The first-order valence-corrected chi connectivity index (χ1v) is 8.75. The molecule has 0 aliphatic heterocycles. The summed E-state index contributed by atoms with van der Waals surface area (Å²) < 4.78 is 19.5. The van der Waals surface area contributed by atoms with Crippen molar-refractivity contribution in [1.29, 1.82) is 0 Å². The summed E-state index contributed by atoms with van der Waals surface area (Å²) in [6.45, 7) is 0. The van der Waals surface area contributed by atoms with Crippen molar-refractivity contribution in [1.82, 2.24) is 15.4 Å². The molecule has 7 heteroatoms. The van der Waals surface area contributed by atoms with Gasteiger partial charge in [0.2, 0.25) is 0 Å². The standard InChI is InChI=1S/C22H16FN3O3/c1-29-21-19(22(27)26-28)16-12-24-11-10-18(16)25-20(21)14-8-6-13(7-9-14)15-4-2-3-5-17(15)23/h2-12,28H,1H3,(H,26,27). The van der Waals surface area contributed by atoms with Crippen LogP contribution < -0.4 is 10.2 Å². The Bertz CT molecular complexity index is 1210. The Morgan fingerprint density at radius 2 is 1.79 bits per heavy atom. The fraction of sp³-hybridized carbons (Fsp3) is 0.0455. The molecular formula is C22H16FN3O3. The highest BCUT2D eigenvalue weighted by Crippen LogP contribution is 2.36. The van der Waals surface area contributed by atoms with E-state index in [4.69, 9.17) is 4.74 Å². The summed E-state index contributed by atoms with van der Waals surface area (Å²) in [5, 5.41) is 9.63. The third-order valence-corrected chi connectivity index (χ3v) is 4.62. The zero-order valence-electron chi connectivity index (χ0n) is 15.4. The monoisotopic (exact) mass is 389 g/mol. The molecule has 0 spiro atoms. The number of amides is 1. The van der Waals surface area contributed by atoms with Crippen LogP contribution in [0.2, 0.25) is 0 Å². The molecule has 2 N–H and O–H groups in total. The smallest absolute Gasteiger partial charge is 0.279 e. The van der Waals surface area contributed by atoms with Gasteiger partial charge in [-0.3, -0.25) is 15.0 Å². The lowest BCUT2D eigenvalue weighted by Gasteiger charge is -2.15. The van der Waals surface area contributed by atoms with Crippen LogP contribution in [0, 0.1) is 5.82 Å². The molecule has 0 saturated heterocycles. The molecule has 2 aromatic heterocycles. The van der Waals surface area contributed by atoms with E-state index in [1.54, 1.807) is 60.2 Å². The second-order valence-corrected chi connectivity index (χ2v) is 6.26. The lowest BCUT2D eigenvalue weighted by atomic mass is 9.99. The second-order valence-electron chi connectivity index (χ2n) is 6.26. The van der Waals surface area contributed by atoms with Crippen molar-refractivity contribution in [2.75, 3.05) is 7.11 Å². The van der Waals surface area contributed by atoms with Crippen LogP contribution in [0.5, 0.6) is 5.75 Å². The lowest BCUT2D eigenvalue weighted by molar-refractivity contribution is 0.0705. The molecule has 1 amide bonds. The fourth-order valence-corrected chi connectivity index (χ4v) is 3.27. The number of rotatable bonds is 4. The van der Waals surface area contributed by atoms with Crippen LogP contribution in [0.4, 0.5) is 4.39 Å². The van der Waals surface area contributed by atoms with E-state index >= 15 is 0 Å². The van der Waals surface area contributed by atoms with Crippen LogP contribution in [0.3, 0.4) is 0 Å². The minimum absolute atomic E-state index is 0.126. The fourth-order valence-electron chi connectivity index (χ4n) is 3.27. The van der Waals surface area contributed by atoms with Crippen molar-refractivity contribution in [3.63, 3.8) is 0 Å². The largest absolute Gasteiger partial charge is 0.494 e. The van der Waals surface area contributed by atoms with Gasteiger partial charge in [-0.25, -0.2) is 14.9 Å². The van der Waals surface area contributed by atoms with Crippen LogP contribution in [0.25, 0.3) is 33.3 Å². The highest BCUT2D eigenvalue weighted by molar-refractivity contribution is 6.09. The van der Waals surface area contributed by atoms with Crippen LogP contribution in [0.1, 0.15) is 10.4 Å². The summed E-state index contributed by atoms with van der Waals surface area (Å²) in [5.74, 6) is -0.835. The molecule has 0 aliphatic rings. The number of benzene rings is 2. The van der Waals surface area contributed by atoms with E-state index < -0.39 is 5.91 Å². The Morgan fingerprint density at radius 1 is 1.07 bits per heavy atom. The topological polar surface area (TPSA) is 84.3 Å². The third-order valence-electron chi connectivity index (χ3n) is 4.62. The van der Waals surface area contributed by atoms with E-state index in [0.29, 0.717) is 33.3 Å². The molecule has 0 aliphatic carbocycles. The van der Waals surface area contributed by atoms with Crippen LogP contribution >= 0.6 is 0 Å². The van der Waals surface area contributed by atoms with Gasteiger partial charge in [-0.1, -0.05) is 42.5 Å². The molecule has 6 nitrogen and oxygen atoms in total. The number of carbonyl (C=O) groups excluding carboxylic acids is 1. The SMILES string of the molecule is COc1c(-c2ccc(-c3ccccc3F)cc2)nc2ccncc2c1C(=O)NO. The minimum Gasteiger partial charge on any atom is -0.494 e. The maximum atomic E-state index is 14.1. The molecule has 4 rings (SSSR count). The zero-order valence-corrected chi connectivity index (χ0v) is 15.4. The van der Waals surface area contributed by atoms with Gasteiger partial charge in [0, 0.05) is 28.9 Å². The van der Waals surface area contributed by atoms with E-state index in [0.717, 1.165) is 0 Å². The maximum absolute atomic E-state index is 14.1. The second kappa shape index (κ2) is 7.65. The number of hydrogen-bond acceptors (Lipinski definition) is 5. The first-order chi connectivity index (χ1) is 14.1. The highest BCUT2D eigenvalue weighted by Gasteiger charge is 2.22. The van der Waals surface area contributed by atoms with Crippen molar-refractivity contribution in [3.8, 4) is 28.1 Å². The van der Waals surface area contributed by atoms with Crippen molar-refractivity contribution >= 4 is 16.8 Å². The van der Waals surface area contributed by atoms with Crippen molar-refractivity contribution in [3.05, 3.63) is 78.4 Å². The normalized spacial score (nSPS) is 10.7. The summed E-state index contributed by atoms with van der Waals surface area (Å²) >= 11 is 0. The number of halogens is 1. The van der Waals surface area contributed by atoms with Crippen molar-refractivity contribution < 1.29 is 19.1 Å². The van der Waals surface area contributed by atoms with Gasteiger partial charge in [-0.2, -0.15) is 0 Å². The molecule has 29 heavy (non-hydrogen) atoms. The maximum Gasteiger partial charge on any atom is 0.279 e. The number of hydrogen-bond donors (Lipinski definition) is 2. The summed E-state index contributed by atoms with van der Waals surface area (Å²) in [7, 11) is 1.42. The average molecular weight is 389 g/mol. The number of nitrogens with one attached hydrogen (secondary N) is 1. The van der Waals surface area contributed by atoms with Gasteiger partial charge in [0.15, 0.2) is 5.75 Å². The minimum atomic E-state index is -0.730. The van der Waals surface area contributed by atoms with Gasteiger partial charge in [0.05, 0.1) is 18.2 Å². The van der Waals surface area contributed by atoms with Gasteiger partial charge in [0.25, 0.3) is 5.91 Å². The number of pyridine rings is 2. The summed E-state index contributed by atoms with van der Waals surface area (Å²) in [5.41, 5.74) is 4.59. The third kappa shape index (κ3) is 3.28. The summed E-state index contributed by atoms with van der Waals surface area (Å²) in [6, 6.07) is 15.3. The molecule has 0 unspecified atom stereocenters. The predicted molar refractivity (Wildman–Crippen MR) is 106 cm³/mol. The van der Waals surface area contributed by atoms with E-state index in [1.165, 1.54) is 19.4 Å². The zero-order chi connectivity index (χ0) is 20.4. The highest BCUT2D eigenvalue weighted by atomic mass is 19.1. The van der Waals surface area contributed by atoms with Gasteiger partial charge in [0.1, 0.15) is 11.5 Å². The molecule has 2 heterocycles. The Labute approximate surface area is 165 Å². The predicted octanol–water partition coefficient (Wildman–Crippen LogP) is 4.23. The molecule has 0 radical (unpaired) electrons. The Hall–Kier alpha value is -3.84. The molecule has 0 fully saturated rings. The first-order valence-electron chi connectivity index (χ1n) is 8.75. The average Bonchev–Trinajstić information content (AvgIpc) is 2.77. The number of methoxy groups -OCH3 is 1. The molecule has 4 aromatic rings. The molecular weight excluding hydrogens is 373 g/mol. The number of ether oxygens (including phenoxy) is 1. The number of hydroxylamine groups is 1. The van der Waals surface area contributed by atoms with Gasteiger partial charge in [-0.05, 0) is 17.7 Å². The van der Waals surface area contributed by atoms with E-state index in [9.17, 15) is 14.4 Å². The Morgan fingerprint density at radius 3 is 2.48 bits per heavy atom. The number of carbonyl (C=O) groups is 1. The summed E-state index contributed by atoms with van der Waals surface area (Å²) in [4.78, 5) is 21.0. The van der Waals surface area contributed by atoms with Gasteiger partial charge >= 0.3 is 0 Å². The number of aromatic nitrogens is 2. The number of fused-ring (bicyclic) bond motifs is 1. The molecule has 0 bridgehead atoms. The van der Waals surface area contributed by atoms with Crippen LogP contribution in [0.15, 0.2) is 67.0 Å². The number of nitrogens with zero attached hydrogens (tertiary/aromatic N) is 2. The first kappa shape index (κ1) is 18.5. The van der Waals surface area contributed by atoms with Crippen molar-refractivity contribution in [2.45, 2.75) is 0 Å². The van der Waals surface area contributed by atoms with Gasteiger partial charge in [-0.15, -0.1) is 0 Å². The molecule has 2 aromatic carbocycles. The summed E-state index contributed by atoms with van der Waals surface area (Å²) in [6.07, 6.45) is 3.05. The molecule has 0 saturated carbocycles. The van der Waals surface area contributed by atoms with E-state index in [-0.39, 0.29) is 17.1 Å². The molecule has 0 atom stereocenters.